The lowest BCUT2D eigenvalue weighted by molar-refractivity contribution is 0.166. The van der Waals surface area contributed by atoms with Crippen LogP contribution in [0.5, 0.6) is 11.5 Å². The van der Waals surface area contributed by atoms with Gasteiger partial charge in [-0.3, -0.25) is 5.10 Å². The summed E-state index contributed by atoms with van der Waals surface area (Å²) in [5.41, 5.74) is 1.06. The summed E-state index contributed by atoms with van der Waals surface area (Å²) in [7, 11) is 1.64. The molecule has 4 rings (SSSR count). The molecule has 1 atom stereocenters. The maximum absolute atomic E-state index is 12.6. The van der Waals surface area contributed by atoms with Gasteiger partial charge in [0.1, 0.15) is 12.4 Å². The molecule has 0 bridgehead atoms. The number of nitrogens with one attached hydrogen (secondary N) is 2. The number of carbonyl (C=O) groups excluding carboxylic acids is 1. The summed E-state index contributed by atoms with van der Waals surface area (Å²) in [4.78, 5) is 18.9. The van der Waals surface area contributed by atoms with E-state index in [0.29, 0.717) is 25.6 Å². The first-order valence-electron chi connectivity index (χ1n) is 9.37. The summed E-state index contributed by atoms with van der Waals surface area (Å²) in [5, 5.41) is 10.3. The van der Waals surface area contributed by atoms with Crippen molar-refractivity contribution in [2.24, 2.45) is 0 Å². The SMILES string of the molecule is COc1cccc2c1OC[C@H](NC(=O)N1CCC(c3n[nH]c(C)n3)CC1)C2. The van der Waals surface area contributed by atoms with Crippen LogP contribution in [0.2, 0.25) is 0 Å². The van der Waals surface area contributed by atoms with Crippen molar-refractivity contribution in [2.75, 3.05) is 26.8 Å². The minimum absolute atomic E-state index is 0.0282. The van der Waals surface area contributed by atoms with Crippen molar-refractivity contribution in [3.8, 4) is 11.5 Å². The van der Waals surface area contributed by atoms with Crippen LogP contribution in [0, 0.1) is 6.92 Å². The Morgan fingerprint density at radius 2 is 2.19 bits per heavy atom. The lowest BCUT2D eigenvalue weighted by Crippen LogP contribution is -2.50. The highest BCUT2D eigenvalue weighted by Crippen LogP contribution is 2.34. The van der Waals surface area contributed by atoms with Crippen molar-refractivity contribution in [3.05, 3.63) is 35.4 Å². The zero-order valence-electron chi connectivity index (χ0n) is 15.7. The van der Waals surface area contributed by atoms with Crippen molar-refractivity contribution in [1.82, 2.24) is 25.4 Å². The summed E-state index contributed by atoms with van der Waals surface area (Å²) >= 11 is 0. The number of aryl methyl sites for hydroxylation is 1. The van der Waals surface area contributed by atoms with Gasteiger partial charge in [-0.05, 0) is 32.3 Å². The van der Waals surface area contributed by atoms with Crippen LogP contribution in [0.4, 0.5) is 4.79 Å². The number of methoxy groups -OCH3 is 1. The van der Waals surface area contributed by atoms with Gasteiger partial charge in [-0.1, -0.05) is 12.1 Å². The van der Waals surface area contributed by atoms with E-state index < -0.39 is 0 Å². The van der Waals surface area contributed by atoms with Crippen LogP contribution in [0.15, 0.2) is 18.2 Å². The Morgan fingerprint density at radius 1 is 1.37 bits per heavy atom. The molecule has 1 saturated heterocycles. The highest BCUT2D eigenvalue weighted by atomic mass is 16.5. The van der Waals surface area contributed by atoms with Gasteiger partial charge < -0.3 is 19.7 Å². The maximum Gasteiger partial charge on any atom is 0.317 e. The van der Waals surface area contributed by atoms with Crippen LogP contribution in [-0.2, 0) is 6.42 Å². The lowest BCUT2D eigenvalue weighted by atomic mass is 9.96. The number of carbonyl (C=O) groups is 1. The zero-order chi connectivity index (χ0) is 18.8. The molecule has 2 amide bonds. The van der Waals surface area contributed by atoms with Gasteiger partial charge in [0.05, 0.1) is 13.2 Å². The molecule has 8 heteroatoms. The van der Waals surface area contributed by atoms with Gasteiger partial charge in [0, 0.05) is 24.6 Å². The minimum Gasteiger partial charge on any atom is -0.493 e. The maximum atomic E-state index is 12.6. The van der Waals surface area contributed by atoms with Crippen LogP contribution in [0.3, 0.4) is 0 Å². The van der Waals surface area contributed by atoms with E-state index in [2.05, 4.69) is 20.5 Å². The summed E-state index contributed by atoms with van der Waals surface area (Å²) in [6.45, 7) is 3.77. The fourth-order valence-electron chi connectivity index (χ4n) is 3.80. The van der Waals surface area contributed by atoms with Gasteiger partial charge in [0.25, 0.3) is 0 Å². The second-order valence-corrected chi connectivity index (χ2v) is 7.15. The Kier molecular flexibility index (Phi) is 4.87. The molecule has 2 aliphatic heterocycles. The van der Waals surface area contributed by atoms with E-state index in [-0.39, 0.29) is 12.1 Å². The first kappa shape index (κ1) is 17.6. The second-order valence-electron chi connectivity index (χ2n) is 7.15. The monoisotopic (exact) mass is 371 g/mol. The molecule has 1 aromatic heterocycles. The molecule has 1 fully saturated rings. The van der Waals surface area contributed by atoms with Gasteiger partial charge >= 0.3 is 6.03 Å². The molecule has 1 aromatic carbocycles. The van der Waals surface area contributed by atoms with Gasteiger partial charge in [0.15, 0.2) is 17.3 Å². The fourth-order valence-corrected chi connectivity index (χ4v) is 3.80. The number of hydrogen-bond acceptors (Lipinski definition) is 5. The predicted molar refractivity (Wildman–Crippen MR) is 99.2 cm³/mol. The quantitative estimate of drug-likeness (QED) is 0.861. The molecular weight excluding hydrogens is 346 g/mol. The number of piperidine rings is 1. The van der Waals surface area contributed by atoms with Crippen LogP contribution in [0.1, 0.15) is 36.0 Å². The van der Waals surface area contributed by atoms with Gasteiger partial charge in [0.2, 0.25) is 0 Å². The van der Waals surface area contributed by atoms with Crippen molar-refractivity contribution in [1.29, 1.82) is 0 Å². The fraction of sp³-hybridized carbons (Fsp3) is 0.526. The average Bonchev–Trinajstić information content (AvgIpc) is 3.13. The van der Waals surface area contributed by atoms with E-state index in [1.807, 2.05) is 30.0 Å². The number of ether oxygens (including phenoxy) is 2. The summed E-state index contributed by atoms with van der Waals surface area (Å²) in [6.07, 6.45) is 2.50. The Bertz CT molecular complexity index is 813. The highest BCUT2D eigenvalue weighted by Gasteiger charge is 2.29. The predicted octanol–water partition coefficient (Wildman–Crippen LogP) is 2.01. The largest absolute Gasteiger partial charge is 0.493 e. The Balaban J connectivity index is 1.31. The van der Waals surface area contributed by atoms with E-state index in [4.69, 9.17) is 9.47 Å². The zero-order valence-corrected chi connectivity index (χ0v) is 15.7. The summed E-state index contributed by atoms with van der Waals surface area (Å²) < 4.78 is 11.2. The number of likely N-dealkylation sites (tertiary alicyclic amines) is 1. The van der Waals surface area contributed by atoms with E-state index in [1.54, 1.807) is 7.11 Å². The number of aromatic nitrogens is 3. The summed E-state index contributed by atoms with van der Waals surface area (Å²) in [6, 6.07) is 5.78. The van der Waals surface area contributed by atoms with E-state index in [1.165, 1.54) is 0 Å². The third-order valence-corrected chi connectivity index (χ3v) is 5.26. The number of fused-ring (bicyclic) bond motifs is 1. The standard InChI is InChI=1S/C19H25N5O3/c1-12-20-18(23-22-12)13-6-8-24(9-7-13)19(25)21-15-10-14-4-3-5-16(26-2)17(14)27-11-15/h3-5,13,15H,6-11H2,1-2H3,(H,21,25)(H,20,22,23)/t15-/m1/s1. The molecule has 0 spiro atoms. The number of hydrogen-bond donors (Lipinski definition) is 2. The van der Waals surface area contributed by atoms with Crippen molar-refractivity contribution >= 4 is 6.03 Å². The first-order chi connectivity index (χ1) is 13.1. The third-order valence-electron chi connectivity index (χ3n) is 5.26. The van der Waals surface area contributed by atoms with Crippen LogP contribution in [-0.4, -0.2) is 59.0 Å². The van der Waals surface area contributed by atoms with Crippen molar-refractivity contribution in [3.63, 3.8) is 0 Å². The molecule has 2 N–H and O–H groups in total. The molecule has 2 aromatic rings. The number of rotatable bonds is 3. The molecule has 3 heterocycles. The highest BCUT2D eigenvalue weighted by molar-refractivity contribution is 5.74. The number of benzene rings is 1. The van der Waals surface area contributed by atoms with E-state index in [0.717, 1.165) is 48.0 Å². The summed E-state index contributed by atoms with van der Waals surface area (Å²) in [5.74, 6) is 3.53. The Labute approximate surface area is 158 Å². The normalized spacial score (nSPS) is 19.9. The molecular formula is C19H25N5O3. The molecule has 0 unspecified atom stereocenters. The Hall–Kier alpha value is -2.77. The molecule has 2 aliphatic rings. The first-order valence-corrected chi connectivity index (χ1v) is 9.37. The number of nitrogens with zero attached hydrogens (tertiary/aromatic N) is 3. The average molecular weight is 371 g/mol. The smallest absolute Gasteiger partial charge is 0.317 e. The van der Waals surface area contributed by atoms with E-state index >= 15 is 0 Å². The number of aromatic amines is 1. The molecule has 0 saturated carbocycles. The van der Waals surface area contributed by atoms with E-state index in [9.17, 15) is 4.79 Å². The van der Waals surface area contributed by atoms with Gasteiger partial charge in [-0.2, -0.15) is 5.10 Å². The molecule has 27 heavy (non-hydrogen) atoms. The van der Waals surface area contributed by atoms with Crippen molar-refractivity contribution in [2.45, 2.75) is 38.1 Å². The minimum atomic E-state index is -0.0366. The molecule has 144 valence electrons. The number of H-pyrrole nitrogens is 1. The molecule has 8 nitrogen and oxygen atoms in total. The second kappa shape index (κ2) is 7.46. The van der Waals surface area contributed by atoms with Crippen LogP contribution in [0.25, 0.3) is 0 Å². The number of para-hydroxylation sites is 1. The Morgan fingerprint density at radius 3 is 2.89 bits per heavy atom. The van der Waals surface area contributed by atoms with Gasteiger partial charge in [-0.25, -0.2) is 9.78 Å². The van der Waals surface area contributed by atoms with Crippen molar-refractivity contribution < 1.29 is 14.3 Å². The molecule has 0 aliphatic carbocycles. The lowest BCUT2D eigenvalue weighted by Gasteiger charge is -2.33. The number of urea groups is 1. The molecule has 0 radical (unpaired) electrons. The third kappa shape index (κ3) is 3.70. The van der Waals surface area contributed by atoms with Crippen LogP contribution < -0.4 is 14.8 Å². The number of amides is 2. The van der Waals surface area contributed by atoms with Crippen LogP contribution >= 0.6 is 0 Å². The topological polar surface area (TPSA) is 92.4 Å². The van der Waals surface area contributed by atoms with Gasteiger partial charge in [-0.15, -0.1) is 0 Å².